The quantitative estimate of drug-likeness (QED) is 0.356. The molecule has 2 N–H and O–H groups in total. The van der Waals surface area contributed by atoms with E-state index in [4.69, 9.17) is 27.9 Å². The summed E-state index contributed by atoms with van der Waals surface area (Å²) < 4.78 is 6.84. The normalized spacial score (nSPS) is 14.8. The minimum Gasteiger partial charge on any atom is -0.497 e. The topological polar surface area (TPSA) is 89.3 Å². The molecule has 0 aliphatic rings. The third-order valence-electron chi connectivity index (χ3n) is 6.38. The van der Waals surface area contributed by atoms with Crippen LogP contribution in [-0.4, -0.2) is 39.9 Å². The van der Waals surface area contributed by atoms with Crippen molar-refractivity contribution in [2.24, 2.45) is 0 Å². The van der Waals surface area contributed by atoms with Crippen molar-refractivity contribution in [3.05, 3.63) is 88.4 Å². The maximum Gasteiger partial charge on any atom is 0.230 e. The van der Waals surface area contributed by atoms with E-state index in [9.17, 15) is 9.90 Å². The largest absolute Gasteiger partial charge is 0.497 e. The fourth-order valence-corrected chi connectivity index (χ4v) is 5.14. The van der Waals surface area contributed by atoms with Crippen LogP contribution in [0.1, 0.15) is 24.5 Å². The van der Waals surface area contributed by atoms with Gasteiger partial charge in [-0.1, -0.05) is 53.5 Å². The second kappa shape index (κ2) is 9.85. The third kappa shape index (κ3) is 4.98. The van der Waals surface area contributed by atoms with Crippen LogP contribution in [-0.2, 0) is 22.4 Å². The van der Waals surface area contributed by atoms with Gasteiger partial charge in [-0.05, 0) is 47.5 Å². The first-order chi connectivity index (χ1) is 16.7. The standard InChI is InChI=1S/C26H26Cl2N4O3/c1-25(24(33)29-2,19-6-4-18-11-21(35-3)8-5-17(18)10-19)13-26(34,14-32-16-30-15-31-32)22-9-7-20(27)12-23(22)28/h4-12,15-16,34H,13-14H2,1-3H3,(H,29,33). The molecule has 2 atom stereocenters. The highest BCUT2D eigenvalue weighted by atomic mass is 35.5. The highest BCUT2D eigenvalue weighted by Crippen LogP contribution is 2.43. The molecule has 9 heteroatoms. The number of rotatable bonds is 8. The summed E-state index contributed by atoms with van der Waals surface area (Å²) in [5.41, 5.74) is -1.51. The lowest BCUT2D eigenvalue weighted by molar-refractivity contribution is -0.129. The van der Waals surface area contributed by atoms with Crippen LogP contribution in [0, 0.1) is 0 Å². The molecule has 1 heterocycles. The Morgan fingerprint density at radius 1 is 1.11 bits per heavy atom. The first-order valence-electron chi connectivity index (χ1n) is 11.0. The molecule has 1 amide bonds. The summed E-state index contributed by atoms with van der Waals surface area (Å²) in [6.45, 7) is 1.85. The van der Waals surface area contributed by atoms with Crippen LogP contribution in [0.5, 0.6) is 5.75 Å². The van der Waals surface area contributed by atoms with Crippen molar-refractivity contribution < 1.29 is 14.6 Å². The number of nitrogens with zero attached hydrogens (tertiary/aromatic N) is 3. The molecule has 0 radical (unpaired) electrons. The molecule has 1 aromatic heterocycles. The number of fused-ring (bicyclic) bond motifs is 1. The Bertz CT molecular complexity index is 1360. The number of aliphatic hydroxyl groups is 1. The molecule has 7 nitrogen and oxygen atoms in total. The first-order valence-corrected chi connectivity index (χ1v) is 11.7. The molecular weight excluding hydrogens is 487 g/mol. The van der Waals surface area contributed by atoms with Crippen molar-refractivity contribution in [1.82, 2.24) is 20.1 Å². The number of nitrogens with one attached hydrogen (secondary N) is 1. The Balaban J connectivity index is 1.84. The Labute approximate surface area is 213 Å². The van der Waals surface area contributed by atoms with Crippen molar-refractivity contribution >= 4 is 39.9 Å². The van der Waals surface area contributed by atoms with Crippen LogP contribution in [0.3, 0.4) is 0 Å². The van der Waals surface area contributed by atoms with Gasteiger partial charge in [0.2, 0.25) is 5.91 Å². The summed E-state index contributed by atoms with van der Waals surface area (Å²) >= 11 is 12.7. The maximum absolute atomic E-state index is 13.4. The molecule has 4 aromatic rings. The zero-order valence-electron chi connectivity index (χ0n) is 19.6. The van der Waals surface area contributed by atoms with E-state index in [1.54, 1.807) is 32.4 Å². The predicted octanol–water partition coefficient (Wildman–Crippen LogP) is 4.73. The number of benzene rings is 3. The average molecular weight is 513 g/mol. The van der Waals surface area contributed by atoms with Gasteiger partial charge < -0.3 is 15.2 Å². The summed E-state index contributed by atoms with van der Waals surface area (Å²) in [7, 11) is 3.20. The van der Waals surface area contributed by atoms with Gasteiger partial charge in [-0.25, -0.2) is 9.67 Å². The van der Waals surface area contributed by atoms with Gasteiger partial charge in [0, 0.05) is 29.1 Å². The molecule has 0 bridgehead atoms. The van der Waals surface area contributed by atoms with Gasteiger partial charge >= 0.3 is 0 Å². The second-order valence-corrected chi connectivity index (χ2v) is 9.61. The summed E-state index contributed by atoms with van der Waals surface area (Å²) in [5, 5.41) is 21.7. The molecule has 182 valence electrons. The van der Waals surface area contributed by atoms with Crippen molar-refractivity contribution in [1.29, 1.82) is 0 Å². The zero-order valence-corrected chi connectivity index (χ0v) is 21.1. The van der Waals surface area contributed by atoms with Crippen LogP contribution in [0.4, 0.5) is 0 Å². The molecule has 0 saturated heterocycles. The number of aromatic nitrogens is 3. The molecule has 0 spiro atoms. The Kier molecular flexibility index (Phi) is 7.03. The lowest BCUT2D eigenvalue weighted by Crippen LogP contribution is -2.47. The lowest BCUT2D eigenvalue weighted by Gasteiger charge is -2.38. The molecule has 0 aliphatic carbocycles. The summed E-state index contributed by atoms with van der Waals surface area (Å²) in [4.78, 5) is 17.4. The first kappa shape index (κ1) is 25.0. The fourth-order valence-electron chi connectivity index (χ4n) is 4.55. The molecule has 3 aromatic carbocycles. The minimum atomic E-state index is -1.58. The molecular formula is C26H26Cl2N4O3. The van der Waals surface area contributed by atoms with E-state index in [-0.39, 0.29) is 18.9 Å². The van der Waals surface area contributed by atoms with Crippen molar-refractivity contribution in [2.45, 2.75) is 30.9 Å². The van der Waals surface area contributed by atoms with Crippen molar-refractivity contribution in [3.63, 3.8) is 0 Å². The Hall–Kier alpha value is -3.13. The van der Waals surface area contributed by atoms with Gasteiger partial charge in [0.25, 0.3) is 0 Å². The van der Waals surface area contributed by atoms with E-state index in [2.05, 4.69) is 15.4 Å². The van der Waals surface area contributed by atoms with Crippen LogP contribution in [0.25, 0.3) is 10.8 Å². The smallest absolute Gasteiger partial charge is 0.230 e. The van der Waals surface area contributed by atoms with E-state index in [0.717, 1.165) is 22.1 Å². The molecule has 0 saturated carbocycles. The fraction of sp³-hybridized carbons (Fsp3) is 0.269. The predicted molar refractivity (Wildman–Crippen MR) is 137 cm³/mol. The number of halogens is 2. The number of carbonyl (C=O) groups is 1. The maximum atomic E-state index is 13.4. The van der Waals surface area contributed by atoms with Crippen molar-refractivity contribution in [2.75, 3.05) is 14.2 Å². The van der Waals surface area contributed by atoms with E-state index in [1.165, 1.54) is 17.3 Å². The van der Waals surface area contributed by atoms with E-state index >= 15 is 0 Å². The number of amides is 1. The summed E-state index contributed by atoms with van der Waals surface area (Å²) in [6, 6.07) is 16.5. The highest BCUT2D eigenvalue weighted by Gasteiger charge is 2.45. The third-order valence-corrected chi connectivity index (χ3v) is 6.93. The van der Waals surface area contributed by atoms with Crippen LogP contribution < -0.4 is 10.1 Å². The van der Waals surface area contributed by atoms with Crippen LogP contribution in [0.15, 0.2) is 67.3 Å². The Morgan fingerprint density at radius 3 is 2.51 bits per heavy atom. The van der Waals surface area contributed by atoms with Crippen LogP contribution in [0.2, 0.25) is 10.0 Å². The van der Waals surface area contributed by atoms with Gasteiger partial charge in [0.1, 0.15) is 24.0 Å². The Morgan fingerprint density at radius 2 is 1.86 bits per heavy atom. The number of carbonyl (C=O) groups excluding carboxylic acids is 1. The van der Waals surface area contributed by atoms with E-state index in [0.29, 0.717) is 15.6 Å². The number of hydrogen-bond donors (Lipinski definition) is 2. The van der Waals surface area contributed by atoms with Gasteiger partial charge in [-0.15, -0.1) is 0 Å². The molecule has 4 rings (SSSR count). The van der Waals surface area contributed by atoms with Crippen molar-refractivity contribution in [3.8, 4) is 5.75 Å². The average Bonchev–Trinajstić information content (AvgIpc) is 3.35. The van der Waals surface area contributed by atoms with Gasteiger partial charge in [-0.3, -0.25) is 4.79 Å². The molecule has 0 fully saturated rings. The van der Waals surface area contributed by atoms with E-state index < -0.39 is 11.0 Å². The molecule has 2 unspecified atom stereocenters. The number of likely N-dealkylation sites (N-methyl/N-ethyl adjacent to an activating group) is 1. The van der Waals surface area contributed by atoms with Gasteiger partial charge in [0.05, 0.1) is 19.1 Å². The summed E-state index contributed by atoms with van der Waals surface area (Å²) in [5.74, 6) is 0.506. The van der Waals surface area contributed by atoms with E-state index in [1.807, 2.05) is 43.3 Å². The van der Waals surface area contributed by atoms with Crippen LogP contribution >= 0.6 is 23.2 Å². The minimum absolute atomic E-state index is 0.0164. The number of ether oxygens (including phenoxy) is 1. The molecule has 35 heavy (non-hydrogen) atoms. The number of hydrogen-bond acceptors (Lipinski definition) is 5. The number of methoxy groups -OCH3 is 1. The lowest BCUT2D eigenvalue weighted by atomic mass is 9.70. The highest BCUT2D eigenvalue weighted by molar-refractivity contribution is 6.35. The molecule has 0 aliphatic heterocycles. The van der Waals surface area contributed by atoms with Gasteiger partial charge in [-0.2, -0.15) is 5.10 Å². The zero-order chi connectivity index (χ0) is 25.2. The SMILES string of the molecule is CNC(=O)C(C)(CC(O)(Cn1cncn1)c1ccc(Cl)cc1Cl)c1ccc2cc(OC)ccc2c1. The monoisotopic (exact) mass is 512 g/mol. The second-order valence-electron chi connectivity index (χ2n) is 8.76. The summed E-state index contributed by atoms with van der Waals surface area (Å²) in [6.07, 6.45) is 2.91. The van der Waals surface area contributed by atoms with Gasteiger partial charge in [0.15, 0.2) is 0 Å².